The van der Waals surface area contributed by atoms with Crippen molar-refractivity contribution in [2.45, 2.75) is 6.04 Å². The minimum atomic E-state index is -0.286. The third-order valence-electron chi connectivity index (χ3n) is 2.90. The fraction of sp³-hybridized carbons (Fsp3) is 0.875. The highest BCUT2D eigenvalue weighted by Gasteiger charge is 2.28. The zero-order valence-electron chi connectivity index (χ0n) is 7.70. The first-order valence-corrected chi connectivity index (χ1v) is 4.76. The van der Waals surface area contributed by atoms with Crippen LogP contribution in [0.2, 0.25) is 0 Å². The Kier molecular flexibility index (Phi) is 2.37. The third-order valence-corrected chi connectivity index (χ3v) is 2.90. The number of nitrogens with one attached hydrogen (secondary N) is 1. The summed E-state index contributed by atoms with van der Waals surface area (Å²) < 4.78 is 0. The van der Waals surface area contributed by atoms with Crippen LogP contribution in [0.25, 0.3) is 0 Å². The highest BCUT2D eigenvalue weighted by Crippen LogP contribution is 2.08. The molecule has 2 aliphatic heterocycles. The fourth-order valence-electron chi connectivity index (χ4n) is 1.84. The van der Waals surface area contributed by atoms with Crippen molar-refractivity contribution >= 4 is 6.03 Å². The second kappa shape index (κ2) is 3.51. The first-order valence-electron chi connectivity index (χ1n) is 4.76. The standard InChI is InChI=1S/C8H16N4O/c9-8(13)12-3-1-11(2-4-12)7-5-10-6-7/h7,10H,1-6H2,(H2,9,13). The Hall–Kier alpha value is -0.810. The Morgan fingerprint density at radius 2 is 1.85 bits per heavy atom. The van der Waals surface area contributed by atoms with Gasteiger partial charge in [0.1, 0.15) is 0 Å². The third kappa shape index (κ3) is 1.76. The largest absolute Gasteiger partial charge is 0.351 e. The topological polar surface area (TPSA) is 61.6 Å². The van der Waals surface area contributed by atoms with Gasteiger partial charge >= 0.3 is 6.03 Å². The SMILES string of the molecule is NC(=O)N1CCN(C2CNC2)CC1. The predicted octanol–water partition coefficient (Wildman–Crippen LogP) is -1.35. The van der Waals surface area contributed by atoms with E-state index < -0.39 is 0 Å². The van der Waals surface area contributed by atoms with Gasteiger partial charge in [-0.25, -0.2) is 4.79 Å². The first kappa shape index (κ1) is 8.77. The molecule has 5 heteroatoms. The fourth-order valence-corrected chi connectivity index (χ4v) is 1.84. The van der Waals surface area contributed by atoms with E-state index >= 15 is 0 Å². The van der Waals surface area contributed by atoms with Crippen LogP contribution in [-0.4, -0.2) is 61.1 Å². The monoisotopic (exact) mass is 184 g/mol. The molecule has 5 nitrogen and oxygen atoms in total. The van der Waals surface area contributed by atoms with E-state index in [1.165, 1.54) is 0 Å². The highest BCUT2D eigenvalue weighted by molar-refractivity contribution is 5.72. The lowest BCUT2D eigenvalue weighted by Gasteiger charge is -2.42. The number of nitrogens with two attached hydrogens (primary N) is 1. The number of hydrogen-bond acceptors (Lipinski definition) is 3. The average molecular weight is 184 g/mol. The summed E-state index contributed by atoms with van der Waals surface area (Å²) in [5.74, 6) is 0. The predicted molar refractivity (Wildman–Crippen MR) is 49.4 cm³/mol. The molecule has 2 saturated heterocycles. The van der Waals surface area contributed by atoms with Crippen LogP contribution >= 0.6 is 0 Å². The zero-order chi connectivity index (χ0) is 9.26. The van der Waals surface area contributed by atoms with Gasteiger partial charge in [-0.05, 0) is 0 Å². The molecule has 2 heterocycles. The van der Waals surface area contributed by atoms with E-state index in [-0.39, 0.29) is 6.03 Å². The first-order chi connectivity index (χ1) is 6.27. The summed E-state index contributed by atoms with van der Waals surface area (Å²) in [5, 5.41) is 3.25. The van der Waals surface area contributed by atoms with Gasteiger partial charge in [0.15, 0.2) is 0 Å². The van der Waals surface area contributed by atoms with Gasteiger partial charge in [-0.2, -0.15) is 0 Å². The summed E-state index contributed by atoms with van der Waals surface area (Å²) in [6.07, 6.45) is 0. The van der Waals surface area contributed by atoms with Crippen molar-refractivity contribution in [3.8, 4) is 0 Å². The van der Waals surface area contributed by atoms with Crippen LogP contribution in [0, 0.1) is 0 Å². The van der Waals surface area contributed by atoms with Gasteiger partial charge in [-0.1, -0.05) is 0 Å². The van der Waals surface area contributed by atoms with Gasteiger partial charge < -0.3 is 16.0 Å². The molecular formula is C8H16N4O. The van der Waals surface area contributed by atoms with Crippen LogP contribution in [0.3, 0.4) is 0 Å². The molecule has 74 valence electrons. The molecule has 2 aliphatic rings. The Bertz CT molecular complexity index is 196. The molecule has 2 amide bonds. The molecular weight excluding hydrogens is 168 g/mol. The molecule has 0 aromatic carbocycles. The maximum Gasteiger partial charge on any atom is 0.314 e. The summed E-state index contributed by atoms with van der Waals surface area (Å²) >= 11 is 0. The van der Waals surface area contributed by atoms with E-state index in [9.17, 15) is 4.79 Å². The van der Waals surface area contributed by atoms with Crippen molar-refractivity contribution < 1.29 is 4.79 Å². The maximum absolute atomic E-state index is 10.8. The van der Waals surface area contributed by atoms with Crippen molar-refractivity contribution in [1.82, 2.24) is 15.1 Å². The minimum Gasteiger partial charge on any atom is -0.351 e. The van der Waals surface area contributed by atoms with E-state index in [4.69, 9.17) is 5.73 Å². The van der Waals surface area contributed by atoms with E-state index in [0.717, 1.165) is 39.3 Å². The summed E-state index contributed by atoms with van der Waals surface area (Å²) in [6, 6.07) is 0.404. The number of carbonyl (C=O) groups excluding carboxylic acids is 1. The maximum atomic E-state index is 10.8. The summed E-state index contributed by atoms with van der Waals surface area (Å²) in [5.41, 5.74) is 5.19. The molecule has 0 aromatic heterocycles. The van der Waals surface area contributed by atoms with Crippen LogP contribution in [0.15, 0.2) is 0 Å². The number of hydrogen-bond donors (Lipinski definition) is 2. The van der Waals surface area contributed by atoms with Gasteiger partial charge in [-0.3, -0.25) is 4.90 Å². The molecule has 0 aromatic rings. The van der Waals surface area contributed by atoms with E-state index in [0.29, 0.717) is 6.04 Å². The number of piperazine rings is 1. The number of primary amides is 1. The number of nitrogens with zero attached hydrogens (tertiary/aromatic N) is 2. The van der Waals surface area contributed by atoms with Gasteiger partial charge in [0.2, 0.25) is 0 Å². The van der Waals surface area contributed by atoms with Gasteiger partial charge in [-0.15, -0.1) is 0 Å². The molecule has 0 unspecified atom stereocenters. The van der Waals surface area contributed by atoms with Crippen LogP contribution < -0.4 is 11.1 Å². The molecule has 2 fully saturated rings. The van der Waals surface area contributed by atoms with Gasteiger partial charge in [0.05, 0.1) is 0 Å². The van der Waals surface area contributed by atoms with Crippen molar-refractivity contribution in [2.24, 2.45) is 5.73 Å². The highest BCUT2D eigenvalue weighted by atomic mass is 16.2. The van der Waals surface area contributed by atoms with Crippen LogP contribution in [0.5, 0.6) is 0 Å². The van der Waals surface area contributed by atoms with E-state index in [1.54, 1.807) is 4.90 Å². The molecule has 0 radical (unpaired) electrons. The van der Waals surface area contributed by atoms with Gasteiger partial charge in [0, 0.05) is 45.3 Å². The Morgan fingerprint density at radius 3 is 2.23 bits per heavy atom. The second-order valence-corrected chi connectivity index (χ2v) is 3.67. The van der Waals surface area contributed by atoms with Crippen LogP contribution in [0.1, 0.15) is 0 Å². The van der Waals surface area contributed by atoms with E-state index in [2.05, 4.69) is 10.2 Å². The zero-order valence-corrected chi connectivity index (χ0v) is 7.70. The molecule has 3 N–H and O–H groups in total. The molecule has 0 bridgehead atoms. The lowest BCUT2D eigenvalue weighted by Crippen LogP contribution is -2.62. The Labute approximate surface area is 77.9 Å². The van der Waals surface area contributed by atoms with Crippen molar-refractivity contribution in [1.29, 1.82) is 0 Å². The second-order valence-electron chi connectivity index (χ2n) is 3.67. The number of carbonyl (C=O) groups is 1. The average Bonchev–Trinajstić information content (AvgIpc) is 2.02. The Morgan fingerprint density at radius 1 is 1.23 bits per heavy atom. The van der Waals surface area contributed by atoms with Crippen LogP contribution in [-0.2, 0) is 0 Å². The Balaban J connectivity index is 1.78. The molecule has 0 atom stereocenters. The molecule has 0 saturated carbocycles. The number of amides is 2. The summed E-state index contributed by atoms with van der Waals surface area (Å²) in [7, 11) is 0. The van der Waals surface area contributed by atoms with Crippen molar-refractivity contribution in [3.05, 3.63) is 0 Å². The normalized spacial score (nSPS) is 25.7. The number of urea groups is 1. The minimum absolute atomic E-state index is 0.286. The molecule has 2 rings (SSSR count). The van der Waals surface area contributed by atoms with Crippen molar-refractivity contribution in [3.63, 3.8) is 0 Å². The van der Waals surface area contributed by atoms with Gasteiger partial charge in [0.25, 0.3) is 0 Å². The van der Waals surface area contributed by atoms with E-state index in [1.807, 2.05) is 0 Å². The van der Waals surface area contributed by atoms with Crippen molar-refractivity contribution in [2.75, 3.05) is 39.3 Å². The quantitative estimate of drug-likeness (QED) is 0.530. The summed E-state index contributed by atoms with van der Waals surface area (Å²) in [4.78, 5) is 15.0. The smallest absolute Gasteiger partial charge is 0.314 e. The molecule has 13 heavy (non-hydrogen) atoms. The number of rotatable bonds is 1. The lowest BCUT2D eigenvalue weighted by molar-refractivity contribution is 0.0867. The summed E-state index contributed by atoms with van der Waals surface area (Å²) in [6.45, 7) is 5.69. The molecule has 0 spiro atoms. The lowest BCUT2D eigenvalue weighted by atomic mass is 10.1. The molecule has 0 aliphatic carbocycles. The van der Waals surface area contributed by atoms with Crippen LogP contribution in [0.4, 0.5) is 4.79 Å².